The van der Waals surface area contributed by atoms with Crippen LogP contribution in [0.3, 0.4) is 0 Å². The second-order valence-corrected chi connectivity index (χ2v) is 10.0. The van der Waals surface area contributed by atoms with E-state index in [-0.39, 0.29) is 11.8 Å². The van der Waals surface area contributed by atoms with E-state index in [1.807, 2.05) is 6.07 Å². The van der Waals surface area contributed by atoms with Gasteiger partial charge in [0.15, 0.2) is 0 Å². The minimum atomic E-state index is -0.158. The first-order chi connectivity index (χ1) is 17.5. The summed E-state index contributed by atoms with van der Waals surface area (Å²) in [6.07, 6.45) is 1.72. The molecular weight excluding hydrogens is 448 g/mol. The number of nitrogens with zero attached hydrogens (tertiary/aromatic N) is 3. The van der Waals surface area contributed by atoms with Gasteiger partial charge in [-0.15, -0.1) is 0 Å². The number of nitrogens with two attached hydrogens (primary N) is 1. The summed E-state index contributed by atoms with van der Waals surface area (Å²) in [5.41, 5.74) is 11.7. The zero-order chi connectivity index (χ0) is 24.9. The number of piperidine rings is 1. The van der Waals surface area contributed by atoms with Crippen LogP contribution >= 0.6 is 0 Å². The summed E-state index contributed by atoms with van der Waals surface area (Å²) >= 11 is 0. The Morgan fingerprint density at radius 1 is 0.889 bits per heavy atom. The van der Waals surface area contributed by atoms with Gasteiger partial charge in [0, 0.05) is 56.1 Å². The summed E-state index contributed by atoms with van der Waals surface area (Å²) in [5, 5.41) is 0. The van der Waals surface area contributed by atoms with E-state index in [2.05, 4.69) is 88.5 Å². The zero-order valence-corrected chi connectivity index (χ0v) is 21.1. The predicted molar refractivity (Wildman–Crippen MR) is 144 cm³/mol. The molecule has 0 aromatic heterocycles. The number of carbonyl (C=O) groups excluding carboxylic acids is 1. The third kappa shape index (κ3) is 5.89. The Bertz CT molecular complexity index is 1160. The average Bonchev–Trinajstić information content (AvgIpc) is 3.11. The van der Waals surface area contributed by atoms with E-state index in [1.54, 1.807) is 0 Å². The molecule has 1 fully saturated rings. The molecule has 1 amide bonds. The molecule has 2 heterocycles. The Morgan fingerprint density at radius 3 is 2.28 bits per heavy atom. The standard InChI is InChI=1S/C30H36N4O2/c1-32(27-5-3-2-4-6-27)28-10-7-23(8-11-28)20-34-17-18-36-29-12-9-24(19-26(29)22-34)21-33-15-13-25(14-16-33)30(31)35/h2-12,19,25H,13-18,20-22H2,1H3,(H2,31,35). The molecule has 2 aliphatic rings. The number of hydrogen-bond donors (Lipinski definition) is 1. The van der Waals surface area contributed by atoms with Crippen molar-refractivity contribution in [3.05, 3.63) is 89.5 Å². The van der Waals surface area contributed by atoms with Crippen LogP contribution in [0.2, 0.25) is 0 Å². The Labute approximate surface area is 214 Å². The summed E-state index contributed by atoms with van der Waals surface area (Å²) in [6.45, 7) is 6.10. The second kappa shape index (κ2) is 11.1. The van der Waals surface area contributed by atoms with Crippen LogP contribution in [-0.2, 0) is 24.4 Å². The van der Waals surface area contributed by atoms with Crippen molar-refractivity contribution in [1.29, 1.82) is 0 Å². The zero-order valence-electron chi connectivity index (χ0n) is 21.1. The van der Waals surface area contributed by atoms with Crippen molar-refractivity contribution in [1.82, 2.24) is 9.80 Å². The molecule has 6 heteroatoms. The van der Waals surface area contributed by atoms with Gasteiger partial charge < -0.3 is 15.4 Å². The molecule has 2 N–H and O–H groups in total. The third-order valence-electron chi connectivity index (χ3n) is 7.45. The highest BCUT2D eigenvalue weighted by Crippen LogP contribution is 2.28. The van der Waals surface area contributed by atoms with Crippen LogP contribution in [0.25, 0.3) is 0 Å². The molecule has 3 aromatic carbocycles. The van der Waals surface area contributed by atoms with Gasteiger partial charge in [-0.2, -0.15) is 0 Å². The second-order valence-electron chi connectivity index (χ2n) is 10.0. The van der Waals surface area contributed by atoms with Gasteiger partial charge in [0.25, 0.3) is 0 Å². The third-order valence-corrected chi connectivity index (χ3v) is 7.45. The van der Waals surface area contributed by atoms with Crippen molar-refractivity contribution in [2.45, 2.75) is 32.5 Å². The highest BCUT2D eigenvalue weighted by molar-refractivity contribution is 5.76. The van der Waals surface area contributed by atoms with Gasteiger partial charge in [0.1, 0.15) is 12.4 Å². The van der Waals surface area contributed by atoms with Crippen LogP contribution < -0.4 is 15.4 Å². The molecule has 36 heavy (non-hydrogen) atoms. The summed E-state index contributed by atoms with van der Waals surface area (Å²) in [5.74, 6) is 0.867. The lowest BCUT2D eigenvalue weighted by Gasteiger charge is -2.30. The predicted octanol–water partition coefficient (Wildman–Crippen LogP) is 4.55. The van der Waals surface area contributed by atoms with E-state index < -0.39 is 0 Å². The number of amides is 1. The van der Waals surface area contributed by atoms with Gasteiger partial charge in [-0.25, -0.2) is 0 Å². The fourth-order valence-electron chi connectivity index (χ4n) is 5.25. The molecule has 0 saturated carbocycles. The molecule has 1 saturated heterocycles. The number of carbonyl (C=O) groups is 1. The summed E-state index contributed by atoms with van der Waals surface area (Å²) in [4.78, 5) is 18.6. The van der Waals surface area contributed by atoms with E-state index in [4.69, 9.17) is 10.5 Å². The first kappa shape index (κ1) is 24.3. The first-order valence-electron chi connectivity index (χ1n) is 12.9. The summed E-state index contributed by atoms with van der Waals surface area (Å²) in [7, 11) is 2.10. The Morgan fingerprint density at radius 2 is 1.56 bits per heavy atom. The van der Waals surface area contributed by atoms with E-state index in [1.165, 1.54) is 28.1 Å². The minimum Gasteiger partial charge on any atom is -0.492 e. The number of ether oxygens (including phenoxy) is 1. The molecule has 3 aromatic rings. The van der Waals surface area contributed by atoms with Crippen molar-refractivity contribution in [2.24, 2.45) is 11.7 Å². The highest BCUT2D eigenvalue weighted by atomic mass is 16.5. The number of likely N-dealkylation sites (tertiary alicyclic amines) is 1. The Balaban J connectivity index is 1.21. The molecule has 0 radical (unpaired) electrons. The van der Waals surface area contributed by atoms with Crippen LogP contribution in [0.15, 0.2) is 72.8 Å². The minimum absolute atomic E-state index is 0.0306. The van der Waals surface area contributed by atoms with Crippen molar-refractivity contribution in [3.8, 4) is 5.75 Å². The number of fused-ring (bicyclic) bond motifs is 1. The Hall–Kier alpha value is -3.35. The van der Waals surface area contributed by atoms with E-state index in [9.17, 15) is 4.79 Å². The summed E-state index contributed by atoms with van der Waals surface area (Å²) < 4.78 is 6.09. The molecule has 0 atom stereocenters. The smallest absolute Gasteiger partial charge is 0.220 e. The first-order valence-corrected chi connectivity index (χ1v) is 12.9. The van der Waals surface area contributed by atoms with Gasteiger partial charge in [0.05, 0.1) is 0 Å². The molecule has 0 aliphatic carbocycles. The van der Waals surface area contributed by atoms with Crippen LogP contribution in [0.5, 0.6) is 5.75 Å². The molecule has 5 rings (SSSR count). The molecule has 6 nitrogen and oxygen atoms in total. The maximum absolute atomic E-state index is 11.5. The van der Waals surface area contributed by atoms with Crippen molar-refractivity contribution in [2.75, 3.05) is 38.2 Å². The van der Waals surface area contributed by atoms with Crippen molar-refractivity contribution < 1.29 is 9.53 Å². The number of rotatable bonds is 7. The monoisotopic (exact) mass is 484 g/mol. The quantitative estimate of drug-likeness (QED) is 0.533. The number of primary amides is 1. The van der Waals surface area contributed by atoms with Crippen LogP contribution in [0.1, 0.15) is 29.5 Å². The highest BCUT2D eigenvalue weighted by Gasteiger charge is 2.23. The molecule has 2 aliphatic heterocycles. The molecule has 188 valence electrons. The normalized spacial score (nSPS) is 17.1. The van der Waals surface area contributed by atoms with Gasteiger partial charge in [-0.05, 0) is 73.5 Å². The molecule has 0 unspecified atom stereocenters. The largest absolute Gasteiger partial charge is 0.492 e. The lowest BCUT2D eigenvalue weighted by Crippen LogP contribution is -2.38. The lowest BCUT2D eigenvalue weighted by molar-refractivity contribution is -0.123. The topological polar surface area (TPSA) is 62.0 Å². The van der Waals surface area contributed by atoms with E-state index >= 15 is 0 Å². The molecule has 0 spiro atoms. The number of para-hydroxylation sites is 1. The van der Waals surface area contributed by atoms with Crippen molar-refractivity contribution >= 4 is 17.3 Å². The number of benzene rings is 3. The van der Waals surface area contributed by atoms with E-state index in [0.29, 0.717) is 6.61 Å². The maximum Gasteiger partial charge on any atom is 0.220 e. The number of hydrogen-bond acceptors (Lipinski definition) is 5. The fraction of sp³-hybridized carbons (Fsp3) is 0.367. The fourth-order valence-corrected chi connectivity index (χ4v) is 5.25. The van der Waals surface area contributed by atoms with Gasteiger partial charge >= 0.3 is 0 Å². The van der Waals surface area contributed by atoms with Crippen LogP contribution in [-0.4, -0.2) is 49.0 Å². The summed E-state index contributed by atoms with van der Waals surface area (Å²) in [6, 6.07) is 25.9. The molecule has 0 bridgehead atoms. The number of anilines is 2. The average molecular weight is 485 g/mol. The maximum atomic E-state index is 11.5. The van der Waals surface area contributed by atoms with Crippen LogP contribution in [0, 0.1) is 5.92 Å². The Kier molecular flexibility index (Phi) is 7.54. The van der Waals surface area contributed by atoms with Crippen LogP contribution in [0.4, 0.5) is 11.4 Å². The van der Waals surface area contributed by atoms with E-state index in [0.717, 1.165) is 57.9 Å². The molecular formula is C30H36N4O2. The van der Waals surface area contributed by atoms with Crippen molar-refractivity contribution in [3.63, 3.8) is 0 Å². The van der Waals surface area contributed by atoms with Gasteiger partial charge in [-0.3, -0.25) is 14.6 Å². The van der Waals surface area contributed by atoms with Gasteiger partial charge in [-0.1, -0.05) is 36.4 Å². The van der Waals surface area contributed by atoms with Gasteiger partial charge in [0.2, 0.25) is 5.91 Å². The SMILES string of the molecule is CN(c1ccccc1)c1ccc(CN2CCOc3ccc(CN4CCC(C(N)=O)CC4)cc3C2)cc1. The lowest BCUT2D eigenvalue weighted by atomic mass is 9.96.